The Hall–Kier alpha value is -5.08. The van der Waals surface area contributed by atoms with Gasteiger partial charge in [-0.2, -0.15) is 11.7 Å². The van der Waals surface area contributed by atoms with Crippen LogP contribution in [0.15, 0.2) is 84.9 Å². The molecule has 2 amide bonds. The quantitative estimate of drug-likeness (QED) is 0.0737. The number of likely N-dealkylation sites (tertiary alicyclic amines) is 2. The zero-order chi connectivity index (χ0) is 50.4. The van der Waals surface area contributed by atoms with Gasteiger partial charge < -0.3 is 30.6 Å². The van der Waals surface area contributed by atoms with Gasteiger partial charge in [0.05, 0.1) is 31.4 Å². The Morgan fingerprint density at radius 2 is 1.12 bits per heavy atom. The molecule has 0 spiro atoms. The van der Waals surface area contributed by atoms with Gasteiger partial charge in [-0.3, -0.25) is 14.4 Å². The smallest absolute Gasteiger partial charge is 0.496 e. The number of rotatable bonds is 13. The summed E-state index contributed by atoms with van der Waals surface area (Å²) < 4.78 is 42.8. The number of ether oxygens (including phenoxy) is 2. The molecule has 4 aromatic carbocycles. The largest absolute Gasteiger partial charge is 1.00 e. The van der Waals surface area contributed by atoms with Gasteiger partial charge in [-0.05, 0) is 141 Å². The van der Waals surface area contributed by atoms with Crippen molar-refractivity contribution < 1.29 is 55.9 Å². The molecule has 0 radical (unpaired) electrons. The Kier molecular flexibility index (Phi) is 26.0. The zero-order valence-electron chi connectivity index (χ0n) is 42.6. The molecule has 1 atom stereocenters. The summed E-state index contributed by atoms with van der Waals surface area (Å²) >= 11 is 0. The number of hydrogen-bond acceptors (Lipinski definition) is 8. The van der Waals surface area contributed by atoms with Crippen molar-refractivity contribution in [2.75, 3.05) is 40.4 Å². The molecule has 10 nitrogen and oxygen atoms in total. The van der Waals surface area contributed by atoms with Crippen molar-refractivity contribution in [2.24, 2.45) is 11.8 Å². The van der Waals surface area contributed by atoms with Crippen molar-refractivity contribution in [3.63, 3.8) is 0 Å². The van der Waals surface area contributed by atoms with Crippen LogP contribution in [0.25, 0.3) is 0 Å². The van der Waals surface area contributed by atoms with Crippen LogP contribution in [0.1, 0.15) is 99.3 Å². The summed E-state index contributed by atoms with van der Waals surface area (Å²) in [5.74, 6) is 1.28. The molecule has 6 rings (SSSR count). The van der Waals surface area contributed by atoms with Crippen molar-refractivity contribution >= 4 is 34.5 Å². The topological polar surface area (TPSA) is 133 Å². The molecule has 0 N–H and O–H groups in total. The number of unbranched alkanes of at least 4 members (excludes halogenated alkanes) is 1. The molecule has 1 unspecified atom stereocenters. The average molecular weight is 973 g/mol. The molecule has 2 heterocycles. The van der Waals surface area contributed by atoms with Crippen molar-refractivity contribution in [1.82, 2.24) is 9.80 Å². The molecule has 2 aliphatic heterocycles. The van der Waals surface area contributed by atoms with E-state index in [0.29, 0.717) is 71.8 Å². The molecular formula is C54H71F2LiN4O6Si2. The van der Waals surface area contributed by atoms with E-state index in [9.17, 15) is 28.4 Å². The monoisotopic (exact) mass is 973 g/mol. The van der Waals surface area contributed by atoms with Gasteiger partial charge >= 0.3 is 18.9 Å². The van der Waals surface area contributed by atoms with Crippen LogP contribution in [0.5, 0.6) is 11.5 Å². The Labute approximate surface area is 424 Å². The minimum Gasteiger partial charge on any atom is -0.496 e. The second-order valence-corrected chi connectivity index (χ2v) is 28.3. The molecule has 0 bridgehead atoms. The van der Waals surface area contributed by atoms with Crippen LogP contribution in [0.4, 0.5) is 8.78 Å². The van der Waals surface area contributed by atoms with Crippen molar-refractivity contribution in [3.8, 4) is 23.3 Å². The average Bonchev–Trinajstić information content (AvgIpc) is 3.34. The number of nitrogens with zero attached hydrogens (tertiary/aromatic N) is 4. The Balaban J connectivity index is 0.000000396. The molecular weight excluding hydrogens is 902 g/mol. The maximum absolute atomic E-state index is 13.3. The molecule has 0 aromatic heterocycles. The summed E-state index contributed by atoms with van der Waals surface area (Å²) in [7, 11) is -0.203. The third-order valence-corrected chi connectivity index (χ3v) is 12.9. The number of nitriles is 2. The second-order valence-electron chi connectivity index (χ2n) is 19.1. The molecule has 0 saturated carbocycles. The van der Waals surface area contributed by atoms with Crippen molar-refractivity contribution in [2.45, 2.75) is 104 Å². The third-order valence-electron chi connectivity index (χ3n) is 11.3. The zero-order valence-corrected chi connectivity index (χ0v) is 44.6. The van der Waals surface area contributed by atoms with E-state index in [0.717, 1.165) is 62.4 Å². The minimum absolute atomic E-state index is 0. The number of amides is 2. The van der Waals surface area contributed by atoms with Gasteiger partial charge in [-0.15, -0.1) is 0 Å². The molecule has 366 valence electrons. The molecule has 4 aromatic rings. The van der Waals surface area contributed by atoms with Crippen LogP contribution in [-0.2, 0) is 17.3 Å². The van der Waals surface area contributed by atoms with Gasteiger partial charge in [0.15, 0.2) is 22.5 Å². The molecule has 2 saturated heterocycles. The summed E-state index contributed by atoms with van der Waals surface area (Å²) in [6, 6.07) is 25.6. The number of carbonyl (C=O) groups excluding carboxylic acids is 3. The first-order valence-corrected chi connectivity index (χ1v) is 30.4. The van der Waals surface area contributed by atoms with Crippen LogP contribution >= 0.6 is 0 Å². The maximum atomic E-state index is 13.3. The van der Waals surface area contributed by atoms with E-state index < -0.39 is 22.5 Å². The van der Waals surface area contributed by atoms with Gasteiger partial charge in [-0.25, -0.2) is 14.0 Å². The summed E-state index contributed by atoms with van der Waals surface area (Å²) in [6.07, 6.45) is 7.67. The molecule has 0 aliphatic carbocycles. The Morgan fingerprint density at radius 3 is 1.45 bits per heavy atom. The summed E-state index contributed by atoms with van der Waals surface area (Å²) in [5.41, 5.74) is 6.50. The van der Waals surface area contributed by atoms with E-state index >= 15 is 0 Å². The first-order chi connectivity index (χ1) is 32.3. The molecule has 69 heavy (non-hydrogen) atoms. The summed E-state index contributed by atoms with van der Waals surface area (Å²) in [4.78, 5) is 40.8. The van der Waals surface area contributed by atoms with Crippen molar-refractivity contribution in [1.29, 1.82) is 10.5 Å². The first kappa shape index (κ1) is 60.0. The summed E-state index contributed by atoms with van der Waals surface area (Å²) in [6.45, 7) is 20.5. The molecule has 15 heteroatoms. The van der Waals surface area contributed by atoms with Crippen LogP contribution in [0.2, 0.25) is 39.3 Å². The summed E-state index contributed by atoms with van der Waals surface area (Å²) in [5, 5.41) is 17.8. The van der Waals surface area contributed by atoms with E-state index in [-0.39, 0.29) is 42.3 Å². The fraction of sp³-hybridized carbons (Fsp3) is 0.444. The normalized spacial score (nSPS) is 14.3. The van der Waals surface area contributed by atoms with Gasteiger partial charge in [0.2, 0.25) is 0 Å². The number of hydrogen-bond donors (Lipinski definition) is 0. The van der Waals surface area contributed by atoms with E-state index in [4.69, 9.17) is 19.2 Å². The Morgan fingerprint density at radius 1 is 0.725 bits per heavy atom. The fourth-order valence-electron chi connectivity index (χ4n) is 7.47. The number of aldehydes is 1. The SMILES string of the molecule is COc1ccc(C(C#N)O[Si](C)(C)C)cc1C(=O)N1CCC(Cc2ccc(F)cc2)CC1.COc1ccc(C=O)cc1C(=O)N1CCC(Cc2ccc(F)cc2)CC1.C[Si](C)(C)C#N.[CH2-]CCC.[Li+]. The van der Waals surface area contributed by atoms with Gasteiger partial charge in [0.1, 0.15) is 29.4 Å². The maximum Gasteiger partial charge on any atom is 1.00 e. The first-order valence-electron chi connectivity index (χ1n) is 23.4. The van der Waals surface area contributed by atoms with Crippen LogP contribution in [-0.4, -0.2) is 84.7 Å². The number of benzene rings is 4. The van der Waals surface area contributed by atoms with Gasteiger partial charge in [0, 0.05) is 37.4 Å². The van der Waals surface area contributed by atoms with E-state index in [1.165, 1.54) is 37.8 Å². The number of halogens is 2. The van der Waals surface area contributed by atoms with Crippen LogP contribution in [0.3, 0.4) is 0 Å². The van der Waals surface area contributed by atoms with E-state index in [2.05, 4.69) is 25.6 Å². The predicted molar refractivity (Wildman–Crippen MR) is 271 cm³/mol. The van der Waals surface area contributed by atoms with Crippen LogP contribution < -0.4 is 28.3 Å². The van der Waals surface area contributed by atoms with E-state index in [1.54, 1.807) is 43.5 Å². The third kappa shape index (κ3) is 20.8. The van der Waals surface area contributed by atoms with Gasteiger partial charge in [-0.1, -0.05) is 63.3 Å². The molecule has 2 fully saturated rings. The molecule has 2 aliphatic rings. The predicted octanol–water partition coefficient (Wildman–Crippen LogP) is 9.10. The number of carbonyl (C=O) groups is 3. The standard InChI is InChI=1S/C25H31FN2O3Si.C21H22FNO3.C4H9NSi.C4H9.Li/c1-30-23-10-7-20(24(17-27)31-32(2,3)4)16-22(23)25(29)28-13-11-19(12-14-28)15-18-5-8-21(26)9-6-18;1-26-20-7-4-17(14-24)13-19(20)21(25)23-10-8-16(9-11-23)12-15-2-5-18(22)6-3-15;1-6(2,3)4-5;1-3-4-2;/h5-10,16,19,24H,11-15H2,1-4H3;2-7,13-14,16H,8-12H2,1H3;1-3H3;1,3-4H2,2H3;/q;;;-1;+1. The number of piperidine rings is 2. The Bertz CT molecular complexity index is 2290. The van der Waals surface area contributed by atoms with Crippen molar-refractivity contribution in [3.05, 3.63) is 137 Å². The van der Waals surface area contributed by atoms with Gasteiger partial charge in [0.25, 0.3) is 11.8 Å². The number of methoxy groups -OCH3 is 2. The second kappa shape index (κ2) is 29.8. The van der Waals surface area contributed by atoms with Crippen LogP contribution in [0, 0.1) is 52.7 Å². The van der Waals surface area contributed by atoms with E-state index in [1.807, 2.05) is 73.3 Å². The minimum atomic E-state index is -1.94. The fourth-order valence-corrected chi connectivity index (χ4v) is 8.37.